The van der Waals surface area contributed by atoms with Gasteiger partial charge in [0.2, 0.25) is 0 Å². The molecule has 2 amide bonds. The lowest BCUT2D eigenvalue weighted by Gasteiger charge is -2.29. The normalized spacial score (nSPS) is 17.4. The summed E-state index contributed by atoms with van der Waals surface area (Å²) in [5, 5.41) is 5.48. The molecule has 2 aliphatic rings. The van der Waals surface area contributed by atoms with Crippen LogP contribution in [0.3, 0.4) is 0 Å². The number of anilines is 1. The molecule has 0 bridgehead atoms. The number of rotatable bonds is 7. The van der Waals surface area contributed by atoms with Crippen LogP contribution in [0, 0.1) is 0 Å². The van der Waals surface area contributed by atoms with E-state index in [1.165, 1.54) is 5.56 Å². The standard InChI is InChI=1S/C22H28N4O4/c27-21(23-8-10-25-11-14-29-15-12-25)22(28)24-16-19(20-6-3-13-30-20)26-9-7-17-4-1-2-5-18(17)26/h1-6,13,19H,7-12,14-16H2,(H,23,27)(H,24,28). The van der Waals surface area contributed by atoms with E-state index in [0.29, 0.717) is 26.3 Å². The summed E-state index contributed by atoms with van der Waals surface area (Å²) in [7, 11) is 0. The number of carbonyl (C=O) groups excluding carboxylic acids is 2. The van der Waals surface area contributed by atoms with Gasteiger partial charge in [-0.15, -0.1) is 0 Å². The van der Waals surface area contributed by atoms with E-state index < -0.39 is 11.8 Å². The number of fused-ring (bicyclic) bond motifs is 1. The van der Waals surface area contributed by atoms with Crippen molar-refractivity contribution < 1.29 is 18.7 Å². The summed E-state index contributed by atoms with van der Waals surface area (Å²) in [5.41, 5.74) is 2.42. The Bertz CT molecular complexity index is 849. The maximum absolute atomic E-state index is 12.4. The number of carbonyl (C=O) groups is 2. The van der Waals surface area contributed by atoms with Gasteiger partial charge in [-0.25, -0.2) is 0 Å². The van der Waals surface area contributed by atoms with Gasteiger partial charge in [0.25, 0.3) is 0 Å². The molecule has 30 heavy (non-hydrogen) atoms. The maximum Gasteiger partial charge on any atom is 0.309 e. The number of nitrogens with one attached hydrogen (secondary N) is 2. The number of amides is 2. The first kappa shape index (κ1) is 20.4. The van der Waals surface area contributed by atoms with Gasteiger partial charge in [0.05, 0.1) is 19.5 Å². The molecule has 1 fully saturated rings. The first-order valence-electron chi connectivity index (χ1n) is 10.5. The zero-order valence-corrected chi connectivity index (χ0v) is 17.0. The largest absolute Gasteiger partial charge is 0.467 e. The molecule has 1 aromatic carbocycles. The summed E-state index contributed by atoms with van der Waals surface area (Å²) in [6.07, 6.45) is 2.58. The van der Waals surface area contributed by atoms with Crippen molar-refractivity contribution in [1.29, 1.82) is 0 Å². The molecule has 0 radical (unpaired) electrons. The van der Waals surface area contributed by atoms with E-state index in [4.69, 9.17) is 9.15 Å². The van der Waals surface area contributed by atoms with Crippen molar-refractivity contribution in [3.05, 3.63) is 54.0 Å². The maximum atomic E-state index is 12.4. The highest BCUT2D eigenvalue weighted by atomic mass is 16.5. The van der Waals surface area contributed by atoms with Gasteiger partial charge in [0, 0.05) is 45.0 Å². The number of morpholine rings is 1. The van der Waals surface area contributed by atoms with Gasteiger partial charge in [0.1, 0.15) is 11.8 Å². The van der Waals surface area contributed by atoms with Crippen molar-refractivity contribution in [2.24, 2.45) is 0 Å². The lowest BCUT2D eigenvalue weighted by molar-refractivity contribution is -0.139. The summed E-state index contributed by atoms with van der Waals surface area (Å²) in [4.78, 5) is 29.0. The molecule has 160 valence electrons. The number of hydrogen-bond donors (Lipinski definition) is 2. The van der Waals surface area contributed by atoms with Crippen molar-refractivity contribution in [3.63, 3.8) is 0 Å². The zero-order valence-electron chi connectivity index (χ0n) is 17.0. The van der Waals surface area contributed by atoms with Crippen LogP contribution in [0.15, 0.2) is 47.1 Å². The lowest BCUT2D eigenvalue weighted by Crippen LogP contribution is -2.46. The molecule has 3 heterocycles. The fraction of sp³-hybridized carbons (Fsp3) is 0.455. The SMILES string of the molecule is O=C(NCCN1CCOCC1)C(=O)NCC(c1ccco1)N1CCc2ccccc21. The fourth-order valence-corrected chi connectivity index (χ4v) is 4.04. The minimum Gasteiger partial charge on any atom is -0.467 e. The molecule has 8 nitrogen and oxygen atoms in total. The number of hydrogen-bond acceptors (Lipinski definition) is 6. The summed E-state index contributed by atoms with van der Waals surface area (Å²) >= 11 is 0. The lowest BCUT2D eigenvalue weighted by atomic mass is 10.1. The van der Waals surface area contributed by atoms with Gasteiger partial charge in [-0.2, -0.15) is 0 Å². The van der Waals surface area contributed by atoms with Crippen molar-refractivity contribution in [2.45, 2.75) is 12.5 Å². The number of para-hydroxylation sites is 1. The second-order valence-corrected chi connectivity index (χ2v) is 7.52. The van der Waals surface area contributed by atoms with Crippen LogP contribution < -0.4 is 15.5 Å². The quantitative estimate of drug-likeness (QED) is 0.659. The Labute approximate surface area is 176 Å². The predicted octanol–water partition coefficient (Wildman–Crippen LogP) is 0.948. The zero-order chi connectivity index (χ0) is 20.8. The Morgan fingerprint density at radius 2 is 1.80 bits per heavy atom. The molecule has 2 aliphatic heterocycles. The fourth-order valence-electron chi connectivity index (χ4n) is 4.04. The van der Waals surface area contributed by atoms with Crippen LogP contribution in [0.4, 0.5) is 5.69 Å². The molecule has 2 N–H and O–H groups in total. The van der Waals surface area contributed by atoms with Crippen molar-refractivity contribution in [1.82, 2.24) is 15.5 Å². The van der Waals surface area contributed by atoms with E-state index in [9.17, 15) is 9.59 Å². The molecular formula is C22H28N4O4. The number of benzene rings is 1. The van der Waals surface area contributed by atoms with Crippen LogP contribution >= 0.6 is 0 Å². The van der Waals surface area contributed by atoms with Crippen LogP contribution in [-0.4, -0.2) is 69.2 Å². The summed E-state index contributed by atoms with van der Waals surface area (Å²) in [5.74, 6) is -0.468. The topological polar surface area (TPSA) is 87.0 Å². The molecule has 1 unspecified atom stereocenters. The summed E-state index contributed by atoms with van der Waals surface area (Å²) < 4.78 is 10.9. The first-order chi connectivity index (χ1) is 14.7. The molecule has 1 saturated heterocycles. The van der Waals surface area contributed by atoms with Crippen LogP contribution in [0.25, 0.3) is 0 Å². The number of nitrogens with zero attached hydrogens (tertiary/aromatic N) is 2. The van der Waals surface area contributed by atoms with Crippen LogP contribution in [0.2, 0.25) is 0 Å². The predicted molar refractivity (Wildman–Crippen MR) is 112 cm³/mol. The Balaban J connectivity index is 1.31. The highest BCUT2D eigenvalue weighted by Crippen LogP contribution is 2.34. The molecule has 1 aromatic heterocycles. The Hall–Kier alpha value is -2.84. The molecule has 0 saturated carbocycles. The highest BCUT2D eigenvalue weighted by molar-refractivity contribution is 6.35. The summed E-state index contributed by atoms with van der Waals surface area (Å²) in [6, 6.07) is 11.8. The van der Waals surface area contributed by atoms with Crippen LogP contribution in [-0.2, 0) is 20.7 Å². The Morgan fingerprint density at radius 3 is 2.60 bits per heavy atom. The average molecular weight is 412 g/mol. The van der Waals surface area contributed by atoms with Crippen molar-refractivity contribution >= 4 is 17.5 Å². The molecule has 4 rings (SSSR count). The van der Waals surface area contributed by atoms with Crippen molar-refractivity contribution in [3.8, 4) is 0 Å². The molecule has 0 aliphatic carbocycles. The monoisotopic (exact) mass is 412 g/mol. The van der Waals surface area contributed by atoms with E-state index in [0.717, 1.165) is 37.5 Å². The van der Waals surface area contributed by atoms with E-state index in [1.807, 2.05) is 24.3 Å². The van der Waals surface area contributed by atoms with Gasteiger partial charge in [-0.05, 0) is 30.2 Å². The second-order valence-electron chi connectivity index (χ2n) is 7.52. The average Bonchev–Trinajstić information content (AvgIpc) is 3.45. The molecule has 8 heteroatoms. The van der Waals surface area contributed by atoms with E-state index in [1.54, 1.807) is 6.26 Å². The summed E-state index contributed by atoms with van der Waals surface area (Å²) in [6.45, 7) is 5.40. The third-order valence-corrected chi connectivity index (χ3v) is 5.65. The third kappa shape index (κ3) is 4.83. The molecule has 1 atom stereocenters. The van der Waals surface area contributed by atoms with Gasteiger partial charge in [0.15, 0.2) is 0 Å². The molecule has 0 spiro atoms. The van der Waals surface area contributed by atoms with Gasteiger partial charge < -0.3 is 24.7 Å². The highest BCUT2D eigenvalue weighted by Gasteiger charge is 2.29. The minimum atomic E-state index is -0.624. The third-order valence-electron chi connectivity index (χ3n) is 5.65. The van der Waals surface area contributed by atoms with Gasteiger partial charge in [-0.1, -0.05) is 18.2 Å². The molecular weight excluding hydrogens is 384 g/mol. The van der Waals surface area contributed by atoms with E-state index in [2.05, 4.69) is 32.6 Å². The Morgan fingerprint density at radius 1 is 1.00 bits per heavy atom. The first-order valence-corrected chi connectivity index (χ1v) is 10.5. The van der Waals surface area contributed by atoms with Crippen molar-refractivity contribution in [2.75, 3.05) is 57.4 Å². The van der Waals surface area contributed by atoms with Crippen LogP contribution in [0.1, 0.15) is 17.4 Å². The van der Waals surface area contributed by atoms with Gasteiger partial charge in [-0.3, -0.25) is 14.5 Å². The molecule has 2 aromatic rings. The van der Waals surface area contributed by atoms with Gasteiger partial charge >= 0.3 is 11.8 Å². The Kier molecular flexibility index (Phi) is 6.66. The number of ether oxygens (including phenoxy) is 1. The van der Waals surface area contributed by atoms with Crippen LogP contribution in [0.5, 0.6) is 0 Å². The number of furan rings is 1. The smallest absolute Gasteiger partial charge is 0.309 e. The second kappa shape index (κ2) is 9.77. The van der Waals surface area contributed by atoms with E-state index >= 15 is 0 Å². The van der Waals surface area contributed by atoms with E-state index in [-0.39, 0.29) is 12.6 Å². The minimum absolute atomic E-state index is 0.172.